The Morgan fingerprint density at radius 1 is 0.616 bits per heavy atom. The summed E-state index contributed by atoms with van der Waals surface area (Å²) in [6, 6.07) is 41.1. The van der Waals surface area contributed by atoms with Crippen LogP contribution in [0.15, 0.2) is 121 Å². The molecule has 0 saturated carbocycles. The summed E-state index contributed by atoms with van der Waals surface area (Å²) in [5, 5.41) is 9.88. The van der Waals surface area contributed by atoms with Crippen LogP contribution < -0.4 is 26.7 Å². The number of piperidine rings is 2. The van der Waals surface area contributed by atoms with Crippen LogP contribution in [0.5, 0.6) is 11.5 Å². The molecule has 8 rings (SSSR count). The maximum atomic E-state index is 12.8. The summed E-state index contributed by atoms with van der Waals surface area (Å²) >= 11 is 0. The molecule has 2 aliphatic heterocycles. The second kappa shape index (κ2) is 23.4. The number of nitrogen functional groups attached to an aromatic ring is 2. The van der Waals surface area contributed by atoms with Crippen molar-refractivity contribution in [1.29, 1.82) is 5.26 Å². The fraction of sp³-hybridized carbons (Fsp3) is 0.345. The monoisotopic (exact) mass is 987 g/mol. The quantitative estimate of drug-likeness (QED) is 0.110. The van der Waals surface area contributed by atoms with E-state index in [1.54, 1.807) is 9.80 Å². The lowest BCUT2D eigenvalue weighted by molar-refractivity contribution is 0.0188. The minimum absolute atomic E-state index is 0.0534. The molecule has 2 fully saturated rings. The van der Waals surface area contributed by atoms with E-state index in [1.165, 1.54) is 0 Å². The molecule has 6 aromatic rings. The van der Waals surface area contributed by atoms with Gasteiger partial charge in [0.25, 0.3) is 5.91 Å². The van der Waals surface area contributed by atoms with Crippen molar-refractivity contribution in [3.63, 3.8) is 0 Å². The van der Waals surface area contributed by atoms with Crippen LogP contribution >= 0.6 is 0 Å². The number of nitrogens with zero attached hydrogens (tertiary/aromatic N) is 5. The number of benzene rings is 4. The molecule has 2 saturated heterocycles. The molecule has 380 valence electrons. The number of rotatable bonds is 11. The van der Waals surface area contributed by atoms with E-state index in [1.807, 2.05) is 163 Å². The number of pyridine rings is 2. The molecule has 15 nitrogen and oxygen atoms in total. The van der Waals surface area contributed by atoms with Crippen molar-refractivity contribution >= 4 is 29.7 Å². The van der Waals surface area contributed by atoms with Crippen molar-refractivity contribution in [2.45, 2.75) is 103 Å². The third kappa shape index (κ3) is 14.1. The molecule has 2 aromatic heterocycles. The van der Waals surface area contributed by atoms with E-state index in [0.29, 0.717) is 73.4 Å². The van der Waals surface area contributed by atoms with Crippen LogP contribution in [-0.4, -0.2) is 75.2 Å². The van der Waals surface area contributed by atoms with Gasteiger partial charge in [0.1, 0.15) is 53.6 Å². The van der Waals surface area contributed by atoms with Crippen LogP contribution in [0.1, 0.15) is 117 Å². The zero-order chi connectivity index (χ0) is 52.3. The molecule has 2 unspecified atom stereocenters. The number of aromatic nitrogens is 2. The van der Waals surface area contributed by atoms with Crippen molar-refractivity contribution in [1.82, 2.24) is 19.8 Å². The first-order valence-corrected chi connectivity index (χ1v) is 24.7. The van der Waals surface area contributed by atoms with E-state index in [2.05, 4.69) is 16.0 Å². The molecule has 0 spiro atoms. The van der Waals surface area contributed by atoms with Gasteiger partial charge in [-0.1, -0.05) is 84.9 Å². The highest BCUT2D eigenvalue weighted by atomic mass is 16.6. The van der Waals surface area contributed by atoms with E-state index in [9.17, 15) is 19.6 Å². The molecule has 0 aliphatic carbocycles. The van der Waals surface area contributed by atoms with Crippen LogP contribution in [-0.2, 0) is 22.7 Å². The molecule has 4 aromatic carbocycles. The highest BCUT2D eigenvalue weighted by Gasteiger charge is 2.33. The fourth-order valence-electron chi connectivity index (χ4n) is 9.01. The zero-order valence-electron chi connectivity index (χ0n) is 42.6. The van der Waals surface area contributed by atoms with E-state index in [4.69, 9.17) is 36.1 Å². The topological polar surface area (TPSA) is 222 Å². The Bertz CT molecular complexity index is 2930. The van der Waals surface area contributed by atoms with Crippen molar-refractivity contribution in [2.75, 3.05) is 37.6 Å². The Kier molecular flexibility index (Phi) is 16.9. The van der Waals surface area contributed by atoms with Crippen LogP contribution in [0, 0.1) is 11.3 Å². The second-order valence-corrected chi connectivity index (χ2v) is 20.3. The van der Waals surface area contributed by atoms with E-state index >= 15 is 0 Å². The SMILES string of the molecule is CC(C)(C)OC(=O)N1CCCC(c2cc(-c3ccccc3OCc3ccccc3)nc(N)c2C#N)C1.CC(C)(C)OC(=O)N1CCCC(c2cc(-c3ccccc3OCc3ccccc3)nc(N)c2C(N)=O)C1. The molecule has 2 aliphatic rings. The van der Waals surface area contributed by atoms with Gasteiger partial charge >= 0.3 is 12.2 Å². The maximum Gasteiger partial charge on any atom is 0.410 e. The summed E-state index contributed by atoms with van der Waals surface area (Å²) in [5.74, 6) is 0.727. The Morgan fingerprint density at radius 3 is 1.47 bits per heavy atom. The number of nitriles is 1. The minimum atomic E-state index is -0.644. The predicted octanol–water partition coefficient (Wildman–Crippen LogP) is 11.0. The van der Waals surface area contributed by atoms with Crippen LogP contribution in [0.25, 0.3) is 22.5 Å². The van der Waals surface area contributed by atoms with E-state index in [0.717, 1.165) is 53.5 Å². The molecule has 2 atom stereocenters. The number of likely N-dealkylation sites (tertiary alicyclic amines) is 2. The molecule has 0 radical (unpaired) electrons. The number of nitrogens with two attached hydrogens (primary N) is 3. The molecule has 15 heteroatoms. The number of hydrogen-bond acceptors (Lipinski definition) is 12. The average molecular weight is 987 g/mol. The molecule has 3 amide bonds. The van der Waals surface area contributed by atoms with Gasteiger partial charge in [-0.3, -0.25) is 4.79 Å². The number of carbonyl (C=O) groups excluding carboxylic acids is 3. The molecule has 6 N–H and O–H groups in total. The van der Waals surface area contributed by atoms with Crippen molar-refractivity contribution in [3.05, 3.63) is 155 Å². The van der Waals surface area contributed by atoms with Gasteiger partial charge in [0.05, 0.1) is 22.5 Å². The highest BCUT2D eigenvalue weighted by molar-refractivity contribution is 5.99. The predicted molar refractivity (Wildman–Crippen MR) is 283 cm³/mol. The van der Waals surface area contributed by atoms with Gasteiger partial charge in [-0.25, -0.2) is 19.6 Å². The normalized spacial score (nSPS) is 15.7. The Balaban J connectivity index is 0.000000214. The number of ether oxygens (including phenoxy) is 4. The van der Waals surface area contributed by atoms with E-state index in [-0.39, 0.29) is 41.2 Å². The zero-order valence-corrected chi connectivity index (χ0v) is 42.6. The molecular weight excluding hydrogens is 921 g/mol. The van der Waals surface area contributed by atoms with Gasteiger partial charge in [0, 0.05) is 49.1 Å². The molecule has 73 heavy (non-hydrogen) atoms. The first-order valence-electron chi connectivity index (χ1n) is 24.7. The number of carbonyl (C=O) groups is 3. The van der Waals surface area contributed by atoms with Gasteiger partial charge in [0.2, 0.25) is 0 Å². The smallest absolute Gasteiger partial charge is 0.410 e. The lowest BCUT2D eigenvalue weighted by atomic mass is 9.86. The number of para-hydroxylation sites is 2. The summed E-state index contributed by atoms with van der Waals surface area (Å²) in [6.45, 7) is 13.9. The van der Waals surface area contributed by atoms with Gasteiger partial charge in [-0.2, -0.15) is 5.26 Å². The number of hydrogen-bond donors (Lipinski definition) is 3. The first kappa shape index (κ1) is 52.7. The first-order chi connectivity index (χ1) is 34.9. The summed E-state index contributed by atoms with van der Waals surface area (Å²) < 4.78 is 23.4. The summed E-state index contributed by atoms with van der Waals surface area (Å²) in [6.07, 6.45) is 2.46. The maximum absolute atomic E-state index is 12.8. The van der Waals surface area contributed by atoms with Gasteiger partial charge in [0.15, 0.2) is 0 Å². The highest BCUT2D eigenvalue weighted by Crippen LogP contribution is 2.39. The van der Waals surface area contributed by atoms with Crippen molar-refractivity contribution < 1.29 is 33.3 Å². The average Bonchev–Trinajstić information content (AvgIpc) is 3.37. The summed E-state index contributed by atoms with van der Waals surface area (Å²) in [5.41, 5.74) is 24.1. The summed E-state index contributed by atoms with van der Waals surface area (Å²) in [4.78, 5) is 50.4. The molecular formula is C58H66N8O7. The third-order valence-corrected chi connectivity index (χ3v) is 12.3. The second-order valence-electron chi connectivity index (χ2n) is 20.3. The van der Waals surface area contributed by atoms with Gasteiger partial charge < -0.3 is 45.9 Å². The molecule has 4 heterocycles. The van der Waals surface area contributed by atoms with E-state index < -0.39 is 17.1 Å². The van der Waals surface area contributed by atoms with Gasteiger partial charge in [-0.05, 0) is 126 Å². The van der Waals surface area contributed by atoms with Crippen molar-refractivity contribution in [2.24, 2.45) is 5.73 Å². The van der Waals surface area contributed by atoms with Crippen LogP contribution in [0.4, 0.5) is 21.2 Å². The molecule has 0 bridgehead atoms. The Morgan fingerprint density at radius 2 is 1.03 bits per heavy atom. The van der Waals surface area contributed by atoms with Crippen LogP contribution in [0.2, 0.25) is 0 Å². The number of primary amides is 1. The minimum Gasteiger partial charge on any atom is -0.488 e. The largest absolute Gasteiger partial charge is 0.488 e. The Hall–Kier alpha value is -8.12. The van der Waals surface area contributed by atoms with Gasteiger partial charge in [-0.15, -0.1) is 0 Å². The fourth-order valence-corrected chi connectivity index (χ4v) is 9.01. The standard InChI is InChI=1S/C29H34N4O4.C29H32N4O3/c1-29(2,3)37-28(35)33-15-9-12-20(17-33)22-16-23(32-26(30)25(22)27(31)34)21-13-7-8-14-24(21)36-18-19-10-5-4-6-11-19;1-29(2,3)36-28(34)33-15-9-12-21(18-33)23-16-25(32-27(31)24(23)17-30)22-13-7-8-14-26(22)35-19-20-10-5-4-6-11-20/h4-8,10-11,13-14,16,20H,9,12,15,17-18H2,1-3H3,(H2,30,32)(H2,31,34);4-8,10-11,13-14,16,21H,9,12,15,18-19H2,1-3H3,(H2,31,32). The number of amides is 3. The lowest BCUT2D eigenvalue weighted by Crippen LogP contribution is -2.42. The third-order valence-electron chi connectivity index (χ3n) is 12.3. The van der Waals surface area contributed by atoms with Crippen LogP contribution in [0.3, 0.4) is 0 Å². The number of anilines is 2. The Labute approximate surface area is 428 Å². The lowest BCUT2D eigenvalue weighted by Gasteiger charge is -2.35. The summed E-state index contributed by atoms with van der Waals surface area (Å²) in [7, 11) is 0. The van der Waals surface area contributed by atoms with Crippen molar-refractivity contribution in [3.8, 4) is 40.1 Å².